The normalized spacial score (nSPS) is 9.11. The van der Waals surface area contributed by atoms with Crippen molar-refractivity contribution in [2.75, 3.05) is 0 Å². The third-order valence-electron chi connectivity index (χ3n) is 0.332. The Kier molecular flexibility index (Phi) is 27.9. The number of hydrogen-bond donors (Lipinski definition) is 2. The Labute approximate surface area is 67.9 Å². The number of carboxylic acids is 1. The smallest absolute Gasteiger partial charge is 0.848 e. The van der Waals surface area contributed by atoms with Gasteiger partial charge in [0, 0.05) is 5.97 Å². The molecule has 0 bridgehead atoms. The van der Waals surface area contributed by atoms with E-state index in [0.717, 1.165) is 6.92 Å². The molecule has 0 aliphatic carbocycles. The summed E-state index contributed by atoms with van der Waals surface area (Å²) in [6.07, 6.45) is -1.59. The Morgan fingerprint density at radius 3 is 1.56 bits per heavy atom. The first-order valence-electron chi connectivity index (χ1n) is 1.51. The number of carbonyl (C=O) groups excluding carboxylic acids is 1. The van der Waals surface area contributed by atoms with Crippen molar-refractivity contribution >= 4 is 5.97 Å². The minimum atomic E-state index is -1.59. The van der Waals surface area contributed by atoms with E-state index < -0.39 is 12.1 Å². The molecule has 60 valence electrons. The molecule has 1 unspecified atom stereocenters. The zero-order valence-electron chi connectivity index (χ0n) is 5.03. The fourth-order valence-electron chi connectivity index (χ4n) is 0. The summed E-state index contributed by atoms with van der Waals surface area (Å²) >= 11 is 0. The van der Waals surface area contributed by atoms with E-state index in [1.54, 1.807) is 0 Å². The molecule has 0 amide bonds. The third-order valence-corrected chi connectivity index (χ3v) is 0.332. The maximum Gasteiger partial charge on any atom is 2.00 e. The molecule has 0 radical (unpaired) electrons. The van der Waals surface area contributed by atoms with E-state index in [0.29, 0.717) is 0 Å². The summed E-state index contributed by atoms with van der Waals surface area (Å²) in [6.45, 7) is 1.02. The summed E-state index contributed by atoms with van der Waals surface area (Å²) in [7, 11) is 0. The Morgan fingerprint density at radius 1 is 1.44 bits per heavy atom. The molecule has 0 heterocycles. The van der Waals surface area contributed by atoms with Crippen molar-refractivity contribution in [3.63, 3.8) is 0 Å². The summed E-state index contributed by atoms with van der Waals surface area (Å²) < 4.78 is 0. The van der Waals surface area contributed by atoms with E-state index in [-0.39, 0.29) is 33.4 Å². The van der Waals surface area contributed by atoms with Crippen LogP contribution in [0.15, 0.2) is 0 Å². The number of carbonyl (C=O) groups is 1. The minimum absolute atomic E-state index is 0. The molecule has 9 heavy (non-hydrogen) atoms. The number of aliphatic carboxylic acids is 1. The molecule has 0 aromatic carbocycles. The first kappa shape index (κ1) is 23.0. The molecular formula is C3H10N2O3Pt. The van der Waals surface area contributed by atoms with Gasteiger partial charge in [-0.25, -0.2) is 0 Å². The van der Waals surface area contributed by atoms with E-state index in [1.807, 2.05) is 0 Å². The van der Waals surface area contributed by atoms with E-state index in [1.165, 1.54) is 0 Å². The molecule has 0 fully saturated rings. The summed E-state index contributed by atoms with van der Waals surface area (Å²) in [4.78, 5) is 9.28. The van der Waals surface area contributed by atoms with Crippen LogP contribution in [-0.4, -0.2) is 12.1 Å². The van der Waals surface area contributed by atoms with Gasteiger partial charge < -0.3 is 27.3 Å². The van der Waals surface area contributed by atoms with Gasteiger partial charge in [-0.3, -0.25) is 0 Å². The van der Waals surface area contributed by atoms with Crippen molar-refractivity contribution in [2.45, 2.75) is 13.0 Å². The maximum absolute atomic E-state index is 9.56. The Morgan fingerprint density at radius 2 is 1.56 bits per heavy atom. The van der Waals surface area contributed by atoms with Crippen molar-refractivity contribution in [3.05, 3.63) is 0 Å². The van der Waals surface area contributed by atoms with E-state index in [9.17, 15) is 15.0 Å². The second-order valence-electron chi connectivity index (χ2n) is 0.961. The SMILES string of the molecule is CC([O-])C(=O)[O-].N.N.[Pt+2]. The van der Waals surface area contributed by atoms with Crippen LogP contribution in [0.5, 0.6) is 0 Å². The van der Waals surface area contributed by atoms with Crippen molar-refractivity contribution in [3.8, 4) is 0 Å². The van der Waals surface area contributed by atoms with Gasteiger partial charge in [-0.1, -0.05) is 13.0 Å². The topological polar surface area (TPSA) is 133 Å². The van der Waals surface area contributed by atoms with E-state index in [2.05, 4.69) is 0 Å². The van der Waals surface area contributed by atoms with Gasteiger partial charge in [0.05, 0.1) is 0 Å². The monoisotopic (exact) mass is 317 g/mol. The molecule has 0 aliphatic heterocycles. The molecule has 0 rings (SSSR count). The zero-order valence-corrected chi connectivity index (χ0v) is 7.30. The van der Waals surface area contributed by atoms with Crippen LogP contribution in [0, 0.1) is 0 Å². The fourth-order valence-corrected chi connectivity index (χ4v) is 0. The number of rotatable bonds is 1. The van der Waals surface area contributed by atoms with Crippen LogP contribution in [0.4, 0.5) is 0 Å². The Balaban J connectivity index is -0.0000000417. The average Bonchev–Trinajstić information content (AvgIpc) is 1.36. The van der Waals surface area contributed by atoms with Gasteiger partial charge in [0.15, 0.2) is 0 Å². The van der Waals surface area contributed by atoms with E-state index in [4.69, 9.17) is 0 Å². The maximum atomic E-state index is 9.56. The second-order valence-corrected chi connectivity index (χ2v) is 0.961. The van der Waals surface area contributed by atoms with Crippen molar-refractivity contribution < 1.29 is 36.1 Å². The molecule has 0 saturated carbocycles. The molecule has 0 saturated heterocycles. The first-order valence-corrected chi connectivity index (χ1v) is 1.51. The van der Waals surface area contributed by atoms with Crippen LogP contribution < -0.4 is 22.5 Å². The first-order chi connectivity index (χ1) is 2.64. The molecular weight excluding hydrogens is 307 g/mol. The molecule has 0 aliphatic rings. The van der Waals surface area contributed by atoms with Gasteiger partial charge in [0.2, 0.25) is 0 Å². The standard InChI is InChI=1S/C3H5O3.2H3N.Pt/c1-2(4)3(5)6;;;/h2H,1H3,(H,5,6);2*1H3;/q-1;;;+2/p-1. The molecule has 0 aromatic rings. The molecule has 6 N–H and O–H groups in total. The summed E-state index contributed by atoms with van der Waals surface area (Å²) in [5, 5.41) is 18.8. The van der Waals surface area contributed by atoms with Crippen molar-refractivity contribution in [2.24, 2.45) is 0 Å². The average molecular weight is 317 g/mol. The minimum Gasteiger partial charge on any atom is -0.848 e. The van der Waals surface area contributed by atoms with Crippen LogP contribution >= 0.6 is 0 Å². The third kappa shape index (κ3) is 18.0. The van der Waals surface area contributed by atoms with Crippen molar-refractivity contribution in [1.29, 1.82) is 0 Å². The van der Waals surface area contributed by atoms with Gasteiger partial charge in [-0.2, -0.15) is 0 Å². The van der Waals surface area contributed by atoms with Crippen LogP contribution in [-0.2, 0) is 25.9 Å². The van der Waals surface area contributed by atoms with Gasteiger partial charge in [-0.05, 0) is 0 Å². The quantitative estimate of drug-likeness (QED) is 0.566. The Hall–Kier alpha value is 0.0383. The predicted octanol–water partition coefficient (Wildman–Crippen LogP) is -2.19. The molecule has 5 nitrogen and oxygen atoms in total. The van der Waals surface area contributed by atoms with Gasteiger partial charge in [0.1, 0.15) is 0 Å². The van der Waals surface area contributed by atoms with Gasteiger partial charge >= 0.3 is 21.1 Å². The number of hydrogen-bond acceptors (Lipinski definition) is 5. The molecule has 1 atom stereocenters. The van der Waals surface area contributed by atoms with Crippen LogP contribution in [0.25, 0.3) is 0 Å². The van der Waals surface area contributed by atoms with Crippen LogP contribution in [0.3, 0.4) is 0 Å². The molecule has 6 heteroatoms. The fraction of sp³-hybridized carbons (Fsp3) is 0.667. The van der Waals surface area contributed by atoms with Gasteiger partial charge in [0.25, 0.3) is 0 Å². The summed E-state index contributed by atoms with van der Waals surface area (Å²) in [5.41, 5.74) is 0. The summed E-state index contributed by atoms with van der Waals surface area (Å²) in [6, 6.07) is 0. The number of carboxylic acid groups (broad SMARTS) is 1. The second kappa shape index (κ2) is 10.9. The van der Waals surface area contributed by atoms with Gasteiger partial charge in [-0.15, -0.1) is 0 Å². The zero-order chi connectivity index (χ0) is 5.15. The Bertz CT molecular complexity index is 68.1. The van der Waals surface area contributed by atoms with Crippen LogP contribution in [0.1, 0.15) is 6.92 Å². The molecule has 0 spiro atoms. The van der Waals surface area contributed by atoms with Crippen LogP contribution in [0.2, 0.25) is 0 Å². The predicted molar refractivity (Wildman–Crippen MR) is 24.5 cm³/mol. The largest absolute Gasteiger partial charge is 2.00 e. The molecule has 0 aromatic heterocycles. The van der Waals surface area contributed by atoms with E-state index >= 15 is 0 Å². The van der Waals surface area contributed by atoms with Crippen molar-refractivity contribution in [1.82, 2.24) is 12.3 Å². The summed E-state index contributed by atoms with van der Waals surface area (Å²) in [5.74, 6) is -1.55.